The second kappa shape index (κ2) is 5.92. The highest BCUT2D eigenvalue weighted by molar-refractivity contribution is 5.32. The molecule has 0 aliphatic heterocycles. The van der Waals surface area contributed by atoms with Gasteiger partial charge in [-0.25, -0.2) is 5.84 Å². The predicted molar refractivity (Wildman–Crippen MR) is 76.9 cm³/mol. The number of nitrogens with one attached hydrogen (secondary N) is 1. The van der Waals surface area contributed by atoms with Crippen molar-refractivity contribution in [1.82, 2.24) is 15.0 Å². The summed E-state index contributed by atoms with van der Waals surface area (Å²) in [6, 6.07) is 8.64. The quantitative estimate of drug-likeness (QED) is 0.651. The number of anilines is 1. The Morgan fingerprint density at radius 3 is 2.81 bits per heavy atom. The third-order valence-electron chi connectivity index (χ3n) is 3.47. The molecule has 0 fully saturated rings. The van der Waals surface area contributed by atoms with Gasteiger partial charge in [-0.15, -0.1) is 4.98 Å². The van der Waals surface area contributed by atoms with Crippen molar-refractivity contribution in [2.75, 3.05) is 12.5 Å². The minimum Gasteiger partial charge on any atom is -0.467 e. The van der Waals surface area contributed by atoms with Gasteiger partial charge in [0.25, 0.3) is 0 Å². The lowest BCUT2D eigenvalue weighted by Gasteiger charge is -2.25. The second-order valence-corrected chi connectivity index (χ2v) is 4.77. The number of nitrogens with two attached hydrogens (primary N) is 1. The van der Waals surface area contributed by atoms with Gasteiger partial charge in [0, 0.05) is 0 Å². The number of methoxy groups -OCH3 is 1. The molecule has 0 bridgehead atoms. The van der Waals surface area contributed by atoms with Gasteiger partial charge in [0.05, 0.1) is 7.11 Å². The molecule has 3 rings (SSSR count). The van der Waals surface area contributed by atoms with E-state index in [2.05, 4.69) is 32.5 Å². The zero-order chi connectivity index (χ0) is 14.7. The summed E-state index contributed by atoms with van der Waals surface area (Å²) in [7, 11) is 1.48. The normalized spacial score (nSPS) is 17.0. The smallest absolute Gasteiger partial charge is 0.325 e. The van der Waals surface area contributed by atoms with E-state index >= 15 is 0 Å². The Balaban J connectivity index is 1.87. The van der Waals surface area contributed by atoms with Crippen molar-refractivity contribution in [2.24, 2.45) is 5.84 Å². The number of aromatic nitrogens is 3. The molecule has 7 nitrogen and oxygen atoms in total. The first-order valence-corrected chi connectivity index (χ1v) is 6.81. The van der Waals surface area contributed by atoms with Gasteiger partial charge >= 0.3 is 12.0 Å². The lowest BCUT2D eigenvalue weighted by atomic mass is 9.89. The molecular weight excluding hydrogens is 270 g/mol. The molecule has 1 aliphatic rings. The van der Waals surface area contributed by atoms with E-state index in [9.17, 15) is 0 Å². The number of hydrogen-bond donors (Lipinski definition) is 2. The topological polar surface area (TPSA) is 95.2 Å². The zero-order valence-electron chi connectivity index (χ0n) is 11.7. The molecule has 3 N–H and O–H groups in total. The highest BCUT2D eigenvalue weighted by Gasteiger charge is 2.22. The van der Waals surface area contributed by atoms with Crippen molar-refractivity contribution in [1.29, 1.82) is 0 Å². The number of rotatable bonds is 4. The Hall–Kier alpha value is -2.41. The zero-order valence-corrected chi connectivity index (χ0v) is 11.7. The molecule has 2 aromatic rings. The number of hydrazine groups is 1. The highest BCUT2D eigenvalue weighted by atomic mass is 16.5. The van der Waals surface area contributed by atoms with Crippen LogP contribution in [0.1, 0.15) is 30.1 Å². The van der Waals surface area contributed by atoms with Crippen LogP contribution in [0.4, 0.5) is 5.95 Å². The minimum absolute atomic E-state index is 0.0623. The van der Waals surface area contributed by atoms with Gasteiger partial charge in [0.15, 0.2) is 0 Å². The third-order valence-corrected chi connectivity index (χ3v) is 3.47. The van der Waals surface area contributed by atoms with Crippen LogP contribution in [0.15, 0.2) is 24.3 Å². The van der Waals surface area contributed by atoms with Crippen molar-refractivity contribution in [3.05, 3.63) is 35.4 Å². The van der Waals surface area contributed by atoms with Crippen LogP contribution < -0.4 is 20.7 Å². The van der Waals surface area contributed by atoms with Crippen LogP contribution in [-0.2, 0) is 6.42 Å². The van der Waals surface area contributed by atoms with E-state index in [0.717, 1.165) is 19.3 Å². The maximum Gasteiger partial charge on any atom is 0.325 e. The first-order chi connectivity index (χ1) is 10.3. The largest absolute Gasteiger partial charge is 0.467 e. The molecule has 0 saturated carbocycles. The fourth-order valence-corrected chi connectivity index (χ4v) is 2.51. The van der Waals surface area contributed by atoms with E-state index < -0.39 is 0 Å². The van der Waals surface area contributed by atoms with Gasteiger partial charge < -0.3 is 9.47 Å². The number of benzene rings is 1. The van der Waals surface area contributed by atoms with Gasteiger partial charge in [-0.1, -0.05) is 24.3 Å². The summed E-state index contributed by atoms with van der Waals surface area (Å²) in [4.78, 5) is 12.2. The molecule has 0 radical (unpaired) electrons. The third kappa shape index (κ3) is 2.87. The van der Waals surface area contributed by atoms with Crippen LogP contribution in [0.5, 0.6) is 12.0 Å². The minimum atomic E-state index is -0.0623. The Kier molecular flexibility index (Phi) is 3.83. The SMILES string of the molecule is COc1nc(NN)nc(OC2CCCc3ccccc32)n1. The lowest BCUT2D eigenvalue weighted by Crippen LogP contribution is -2.18. The van der Waals surface area contributed by atoms with Crippen molar-refractivity contribution < 1.29 is 9.47 Å². The Morgan fingerprint density at radius 1 is 1.19 bits per heavy atom. The van der Waals surface area contributed by atoms with E-state index in [4.69, 9.17) is 15.3 Å². The van der Waals surface area contributed by atoms with Crippen molar-refractivity contribution in [3.63, 3.8) is 0 Å². The number of aryl methyl sites for hydroxylation is 1. The molecular formula is C14H17N5O2. The first kappa shape index (κ1) is 13.6. The summed E-state index contributed by atoms with van der Waals surface area (Å²) in [5.74, 6) is 5.55. The fourth-order valence-electron chi connectivity index (χ4n) is 2.51. The number of fused-ring (bicyclic) bond motifs is 1. The molecule has 1 aliphatic carbocycles. The van der Waals surface area contributed by atoms with E-state index in [1.807, 2.05) is 12.1 Å². The second-order valence-electron chi connectivity index (χ2n) is 4.77. The Morgan fingerprint density at radius 2 is 2.00 bits per heavy atom. The monoisotopic (exact) mass is 287 g/mol. The lowest BCUT2D eigenvalue weighted by molar-refractivity contribution is 0.165. The molecule has 1 aromatic heterocycles. The van der Waals surface area contributed by atoms with Crippen LogP contribution in [0.25, 0.3) is 0 Å². The maximum absolute atomic E-state index is 5.93. The van der Waals surface area contributed by atoms with Crippen LogP contribution >= 0.6 is 0 Å². The number of hydrogen-bond acceptors (Lipinski definition) is 7. The molecule has 0 saturated heterocycles. The summed E-state index contributed by atoms with van der Waals surface area (Å²) in [5, 5.41) is 0. The van der Waals surface area contributed by atoms with Crippen LogP contribution in [0.3, 0.4) is 0 Å². The fraction of sp³-hybridized carbons (Fsp3) is 0.357. The van der Waals surface area contributed by atoms with Crippen LogP contribution in [0.2, 0.25) is 0 Å². The summed E-state index contributed by atoms with van der Waals surface area (Å²) in [6.07, 6.45) is 3.02. The van der Waals surface area contributed by atoms with Crippen LogP contribution in [0, 0.1) is 0 Å². The molecule has 1 atom stereocenters. The average Bonchev–Trinajstić information content (AvgIpc) is 2.55. The van der Waals surface area contributed by atoms with Crippen molar-refractivity contribution in [3.8, 4) is 12.0 Å². The molecule has 7 heteroatoms. The van der Waals surface area contributed by atoms with E-state index in [0.29, 0.717) is 0 Å². The molecule has 110 valence electrons. The van der Waals surface area contributed by atoms with Crippen LogP contribution in [-0.4, -0.2) is 22.1 Å². The number of nitrogens with zero attached hydrogens (tertiary/aromatic N) is 3. The molecule has 1 aromatic carbocycles. The van der Waals surface area contributed by atoms with Crippen molar-refractivity contribution >= 4 is 5.95 Å². The van der Waals surface area contributed by atoms with Crippen molar-refractivity contribution in [2.45, 2.75) is 25.4 Å². The summed E-state index contributed by atoms with van der Waals surface area (Å²) < 4.78 is 10.9. The number of nitrogen functional groups attached to an aromatic ring is 1. The standard InChI is InChI=1S/C14H17N5O2/c1-20-13-16-12(19-15)17-14(18-13)21-11-8-4-6-9-5-2-3-7-10(9)11/h2-3,5,7,11H,4,6,8,15H2,1H3,(H,16,17,18,19). The summed E-state index contributed by atoms with van der Waals surface area (Å²) >= 11 is 0. The van der Waals surface area contributed by atoms with Gasteiger partial charge in [0.1, 0.15) is 6.10 Å². The average molecular weight is 287 g/mol. The highest BCUT2D eigenvalue weighted by Crippen LogP contribution is 2.32. The van der Waals surface area contributed by atoms with Gasteiger partial charge in [-0.2, -0.15) is 9.97 Å². The molecule has 21 heavy (non-hydrogen) atoms. The van der Waals surface area contributed by atoms with Gasteiger partial charge in [-0.05, 0) is 30.4 Å². The molecule has 1 unspecified atom stereocenters. The maximum atomic E-state index is 5.93. The summed E-state index contributed by atoms with van der Waals surface area (Å²) in [5.41, 5.74) is 4.87. The van der Waals surface area contributed by atoms with E-state index in [1.165, 1.54) is 18.2 Å². The molecule has 1 heterocycles. The molecule has 0 amide bonds. The molecule has 0 spiro atoms. The predicted octanol–water partition coefficient (Wildman–Crippen LogP) is 1.62. The summed E-state index contributed by atoms with van der Waals surface area (Å²) in [6.45, 7) is 0. The van der Waals surface area contributed by atoms with E-state index in [1.54, 1.807) is 0 Å². The first-order valence-electron chi connectivity index (χ1n) is 6.81. The van der Waals surface area contributed by atoms with Gasteiger partial charge in [-0.3, -0.25) is 5.43 Å². The Labute approximate surface area is 122 Å². The Bertz CT molecular complexity index is 612. The number of ether oxygens (including phenoxy) is 2. The van der Waals surface area contributed by atoms with Gasteiger partial charge in [0.2, 0.25) is 5.95 Å². The van der Waals surface area contributed by atoms with E-state index in [-0.39, 0.29) is 24.1 Å².